The molecule has 8 rings (SSSR count). The molecular weight excluding hydrogens is 546 g/mol. The number of aliphatic imine (C=N–C) groups is 1. The van der Waals surface area contributed by atoms with Gasteiger partial charge in [0.2, 0.25) is 0 Å². The van der Waals surface area contributed by atoms with Gasteiger partial charge in [0.25, 0.3) is 5.56 Å². The number of hydrogen-bond donors (Lipinski definition) is 1. The number of rotatable bonds is 6. The number of halogens is 1. The van der Waals surface area contributed by atoms with E-state index in [1.165, 1.54) is 0 Å². The Morgan fingerprint density at radius 3 is 2.64 bits per heavy atom. The van der Waals surface area contributed by atoms with Gasteiger partial charge in [-0.2, -0.15) is 0 Å². The summed E-state index contributed by atoms with van der Waals surface area (Å²) in [5.74, 6) is 0.818. The number of hydrogen-bond acceptors (Lipinski definition) is 6. The van der Waals surface area contributed by atoms with Crippen molar-refractivity contribution in [3.8, 4) is 0 Å². The minimum atomic E-state index is -0.0592. The zero-order valence-corrected chi connectivity index (χ0v) is 25.3. The van der Waals surface area contributed by atoms with Gasteiger partial charge in [0.15, 0.2) is 0 Å². The summed E-state index contributed by atoms with van der Waals surface area (Å²) in [5.41, 5.74) is 5.69. The van der Waals surface area contributed by atoms with Gasteiger partial charge in [-0.15, -0.1) is 5.10 Å². The molecule has 0 saturated heterocycles. The lowest BCUT2D eigenvalue weighted by molar-refractivity contribution is -0.0988. The largest absolute Gasteiger partial charge is 0.384 e. The molecule has 0 amide bonds. The van der Waals surface area contributed by atoms with Gasteiger partial charge in [0, 0.05) is 48.0 Å². The van der Waals surface area contributed by atoms with E-state index in [0.717, 1.165) is 64.8 Å². The fourth-order valence-electron chi connectivity index (χ4n) is 6.28. The van der Waals surface area contributed by atoms with Gasteiger partial charge < -0.3 is 9.88 Å². The standard InChI is InChI=1S/C33H34ClN7O/c1-19-16-35-29-25(28(19)36-18-32(2,3)4)11-21(12-26(29)34)37-30(27-17-41(39-38-27)33-13-20(14-33)15-33)23-7-6-8-24-22(23)9-10-40(5)31(24)42/h6-12,16-17,20H,13-15,18H2,1-5H3,(H,35,36). The van der Waals surface area contributed by atoms with Crippen molar-refractivity contribution in [1.29, 1.82) is 0 Å². The van der Waals surface area contributed by atoms with Crippen LogP contribution in [0.1, 0.15) is 56.9 Å². The lowest BCUT2D eigenvalue weighted by Gasteiger charge is -2.61. The molecule has 9 heteroatoms. The number of pyridine rings is 2. The van der Waals surface area contributed by atoms with Crippen molar-refractivity contribution in [2.45, 2.75) is 52.5 Å². The van der Waals surface area contributed by atoms with E-state index < -0.39 is 0 Å². The van der Waals surface area contributed by atoms with Crippen LogP contribution in [-0.4, -0.2) is 36.8 Å². The molecular formula is C33H34ClN7O. The number of nitrogens with zero attached hydrogens (tertiary/aromatic N) is 6. The SMILES string of the molecule is Cc1cnc2c(Cl)cc(N=C(c3cn(C45CC(C4)C5)nn3)c3cccc4c(=O)n(C)ccc34)cc2c1NCC(C)(C)C. The smallest absolute Gasteiger partial charge is 0.258 e. The monoisotopic (exact) mass is 579 g/mol. The minimum Gasteiger partial charge on any atom is -0.384 e. The molecule has 8 nitrogen and oxygen atoms in total. The topological polar surface area (TPSA) is 90.0 Å². The van der Waals surface area contributed by atoms with E-state index in [-0.39, 0.29) is 16.5 Å². The zero-order valence-electron chi connectivity index (χ0n) is 24.6. The number of benzene rings is 2. The fraction of sp³-hybridized carbons (Fsp3) is 0.364. The van der Waals surface area contributed by atoms with E-state index in [2.05, 4.69) is 41.4 Å². The van der Waals surface area contributed by atoms with Gasteiger partial charge in [-0.3, -0.25) is 9.78 Å². The molecule has 3 fully saturated rings. The highest BCUT2D eigenvalue weighted by atomic mass is 35.5. The number of anilines is 1. The second-order valence-corrected chi connectivity index (χ2v) is 13.7. The predicted molar refractivity (Wildman–Crippen MR) is 169 cm³/mol. The normalized spacial score (nSPS) is 20.0. The van der Waals surface area contributed by atoms with Crippen LogP contribution in [0.15, 0.2) is 64.8 Å². The van der Waals surface area contributed by atoms with E-state index in [9.17, 15) is 4.79 Å². The molecule has 214 valence electrons. The summed E-state index contributed by atoms with van der Waals surface area (Å²) in [6.07, 6.45) is 9.13. The van der Waals surface area contributed by atoms with Crippen molar-refractivity contribution >= 4 is 50.4 Å². The summed E-state index contributed by atoms with van der Waals surface area (Å²) in [6.45, 7) is 9.44. The third-order valence-electron chi connectivity index (χ3n) is 8.74. The molecule has 0 radical (unpaired) electrons. The quantitative estimate of drug-likeness (QED) is 0.224. The van der Waals surface area contributed by atoms with Gasteiger partial charge in [-0.05, 0) is 72.7 Å². The molecule has 0 spiro atoms. The first kappa shape index (κ1) is 26.8. The van der Waals surface area contributed by atoms with Gasteiger partial charge >= 0.3 is 0 Å². The highest BCUT2D eigenvalue weighted by Gasteiger charge is 2.58. The van der Waals surface area contributed by atoms with Crippen molar-refractivity contribution in [3.63, 3.8) is 0 Å². The third kappa shape index (κ3) is 4.40. The van der Waals surface area contributed by atoms with Crippen molar-refractivity contribution in [2.24, 2.45) is 23.4 Å². The highest BCUT2D eigenvalue weighted by molar-refractivity contribution is 6.36. The lowest BCUT2D eigenvalue weighted by Crippen LogP contribution is -2.59. The molecule has 5 aromatic rings. The molecule has 1 N–H and O–H groups in total. The predicted octanol–water partition coefficient (Wildman–Crippen LogP) is 6.78. The summed E-state index contributed by atoms with van der Waals surface area (Å²) >= 11 is 6.85. The van der Waals surface area contributed by atoms with E-state index in [0.29, 0.717) is 27.5 Å². The van der Waals surface area contributed by atoms with Gasteiger partial charge in [-0.1, -0.05) is 49.7 Å². The first-order valence-corrected chi connectivity index (χ1v) is 14.8. The summed E-state index contributed by atoms with van der Waals surface area (Å²) in [6, 6.07) is 11.6. The molecule has 42 heavy (non-hydrogen) atoms. The Morgan fingerprint density at radius 2 is 1.93 bits per heavy atom. The van der Waals surface area contributed by atoms with Gasteiger partial charge in [-0.25, -0.2) is 9.67 Å². The number of nitrogens with one attached hydrogen (secondary N) is 1. The molecule has 0 unspecified atom stereocenters. The van der Waals surface area contributed by atoms with Gasteiger partial charge in [0.05, 0.1) is 28.0 Å². The number of aryl methyl sites for hydroxylation is 2. The first-order valence-electron chi connectivity index (χ1n) is 14.4. The van der Waals surface area contributed by atoms with Crippen LogP contribution in [0.4, 0.5) is 11.4 Å². The molecule has 3 aromatic heterocycles. The molecule has 3 heterocycles. The molecule has 3 saturated carbocycles. The van der Waals surface area contributed by atoms with Crippen LogP contribution >= 0.6 is 11.6 Å². The highest BCUT2D eigenvalue weighted by Crippen LogP contribution is 2.61. The summed E-state index contributed by atoms with van der Waals surface area (Å²) in [5, 5.41) is 15.7. The van der Waals surface area contributed by atoms with Crippen LogP contribution in [0.5, 0.6) is 0 Å². The number of fused-ring (bicyclic) bond motifs is 2. The summed E-state index contributed by atoms with van der Waals surface area (Å²) in [4.78, 5) is 22.9. The van der Waals surface area contributed by atoms with Crippen LogP contribution in [0.2, 0.25) is 5.02 Å². The maximum Gasteiger partial charge on any atom is 0.258 e. The maximum absolute atomic E-state index is 13.0. The van der Waals surface area contributed by atoms with Crippen molar-refractivity contribution in [2.75, 3.05) is 11.9 Å². The second kappa shape index (κ2) is 9.49. The Morgan fingerprint density at radius 1 is 1.14 bits per heavy atom. The van der Waals surface area contributed by atoms with E-state index >= 15 is 0 Å². The van der Waals surface area contributed by atoms with Gasteiger partial charge in [0.1, 0.15) is 11.4 Å². The molecule has 0 aliphatic heterocycles. The summed E-state index contributed by atoms with van der Waals surface area (Å²) < 4.78 is 3.61. The Hall–Kier alpha value is -4.04. The molecule has 3 aliphatic rings. The third-order valence-corrected chi connectivity index (χ3v) is 9.03. The summed E-state index contributed by atoms with van der Waals surface area (Å²) in [7, 11) is 1.76. The van der Waals surface area contributed by atoms with E-state index in [1.807, 2.05) is 60.4 Å². The average molecular weight is 580 g/mol. The Kier molecular flexibility index (Phi) is 6.06. The Labute approximate surface area is 249 Å². The molecule has 2 bridgehead atoms. The molecule has 2 aromatic carbocycles. The lowest BCUT2D eigenvalue weighted by atomic mass is 9.50. The van der Waals surface area contributed by atoms with Crippen molar-refractivity contribution < 1.29 is 0 Å². The van der Waals surface area contributed by atoms with Crippen LogP contribution in [0.3, 0.4) is 0 Å². The zero-order chi connectivity index (χ0) is 29.4. The maximum atomic E-state index is 13.0. The van der Waals surface area contributed by atoms with Crippen LogP contribution in [-0.2, 0) is 12.6 Å². The van der Waals surface area contributed by atoms with Crippen LogP contribution in [0.25, 0.3) is 21.7 Å². The first-order chi connectivity index (χ1) is 20.0. The van der Waals surface area contributed by atoms with Crippen molar-refractivity contribution in [3.05, 3.63) is 87.2 Å². The Balaban J connectivity index is 1.43. The van der Waals surface area contributed by atoms with E-state index in [1.54, 1.807) is 17.8 Å². The van der Waals surface area contributed by atoms with E-state index in [4.69, 9.17) is 16.6 Å². The Bertz CT molecular complexity index is 1960. The second-order valence-electron chi connectivity index (χ2n) is 13.3. The fourth-order valence-corrected chi connectivity index (χ4v) is 6.54. The minimum absolute atomic E-state index is 0.0592. The molecule has 0 atom stereocenters. The molecule has 3 aliphatic carbocycles. The van der Waals surface area contributed by atoms with Crippen LogP contribution in [0, 0.1) is 18.3 Å². The number of aromatic nitrogens is 5. The average Bonchev–Trinajstić information content (AvgIpc) is 3.35. The van der Waals surface area contributed by atoms with Crippen LogP contribution < -0.4 is 10.9 Å². The van der Waals surface area contributed by atoms with Crippen molar-refractivity contribution in [1.82, 2.24) is 24.5 Å².